The van der Waals surface area contributed by atoms with Gasteiger partial charge in [-0.25, -0.2) is 4.68 Å². The highest BCUT2D eigenvalue weighted by Crippen LogP contribution is 2.52. The number of rotatable bonds is 1. The van der Waals surface area contributed by atoms with Crippen molar-refractivity contribution in [1.82, 2.24) is 14.9 Å². The molecule has 4 rings (SSSR count). The van der Waals surface area contributed by atoms with Crippen molar-refractivity contribution < 1.29 is 18.3 Å². The van der Waals surface area contributed by atoms with E-state index in [2.05, 4.69) is 10.2 Å². The Bertz CT molecular complexity index is 789. The van der Waals surface area contributed by atoms with E-state index in [0.717, 1.165) is 16.4 Å². The van der Waals surface area contributed by atoms with Crippen LogP contribution in [-0.4, -0.2) is 20.0 Å². The fourth-order valence-electron chi connectivity index (χ4n) is 2.32. The summed E-state index contributed by atoms with van der Waals surface area (Å²) in [5.74, 6) is -0.982. The van der Waals surface area contributed by atoms with Gasteiger partial charge in [0.2, 0.25) is 5.16 Å². The second kappa shape index (κ2) is 4.59. The molecule has 1 aromatic heterocycles. The molecule has 2 aliphatic rings. The van der Waals surface area contributed by atoms with E-state index in [1.807, 2.05) is 0 Å². The molecule has 1 N–H and O–H groups in total. The topological polar surface area (TPSA) is 54.2 Å². The van der Waals surface area contributed by atoms with Gasteiger partial charge in [0.05, 0.1) is 0 Å². The lowest BCUT2D eigenvalue weighted by Gasteiger charge is -2.26. The quantitative estimate of drug-likeness (QED) is 0.857. The molecular weight excluding hydrogens is 337 g/mol. The number of hydrogen-bond acceptors (Lipinski definition) is 6. The molecule has 0 saturated carbocycles. The first-order chi connectivity index (χ1) is 10.4. The lowest BCUT2D eigenvalue weighted by Crippen LogP contribution is -2.33. The highest BCUT2D eigenvalue weighted by Gasteiger charge is 2.47. The number of fused-ring (bicyclic) bond motifs is 3. The summed E-state index contributed by atoms with van der Waals surface area (Å²) in [6, 6.07) is 6.47. The average molecular weight is 344 g/mol. The van der Waals surface area contributed by atoms with Crippen molar-refractivity contribution in [2.24, 2.45) is 0 Å². The molecule has 1 unspecified atom stereocenters. The molecule has 1 aromatic carbocycles. The Morgan fingerprint density at radius 2 is 2.05 bits per heavy atom. The minimum absolute atomic E-state index is 0.0680. The predicted octanol–water partition coefficient (Wildman–Crippen LogP) is 3.29. The summed E-state index contributed by atoms with van der Waals surface area (Å²) < 4.78 is 40.3. The maximum atomic E-state index is 13.1. The van der Waals surface area contributed by atoms with Crippen LogP contribution in [0.25, 0.3) is 0 Å². The number of phenols is 1. The van der Waals surface area contributed by atoms with E-state index in [1.165, 1.54) is 28.9 Å². The van der Waals surface area contributed by atoms with Crippen molar-refractivity contribution in [2.45, 2.75) is 16.7 Å². The van der Waals surface area contributed by atoms with Crippen LogP contribution in [0.5, 0.6) is 5.75 Å². The van der Waals surface area contributed by atoms with Gasteiger partial charge in [0.25, 0.3) is 5.82 Å². The van der Waals surface area contributed by atoms with Gasteiger partial charge in [0.15, 0.2) is 0 Å². The molecule has 0 saturated heterocycles. The molecular formula is C12H7F3N4OS2. The van der Waals surface area contributed by atoms with Gasteiger partial charge in [0, 0.05) is 5.41 Å². The van der Waals surface area contributed by atoms with E-state index in [-0.39, 0.29) is 10.9 Å². The Morgan fingerprint density at radius 1 is 1.23 bits per heavy atom. The third kappa shape index (κ3) is 1.97. The molecule has 2 aromatic rings. The number of benzene rings is 1. The Labute approximate surface area is 130 Å². The van der Waals surface area contributed by atoms with E-state index < -0.39 is 17.4 Å². The maximum absolute atomic E-state index is 13.1. The fraction of sp³-hybridized carbons (Fsp3) is 0.167. The SMILES string of the molecule is Oc1cccc(C2SC=C3Sc4nnc(C(F)(F)F)n4N32)c1. The van der Waals surface area contributed by atoms with Crippen LogP contribution in [0.2, 0.25) is 0 Å². The van der Waals surface area contributed by atoms with Gasteiger partial charge < -0.3 is 5.11 Å². The molecule has 0 fully saturated rings. The third-order valence-corrected chi connectivity index (χ3v) is 5.37. The van der Waals surface area contributed by atoms with Crippen LogP contribution in [0.4, 0.5) is 13.2 Å². The van der Waals surface area contributed by atoms with Gasteiger partial charge in [-0.15, -0.1) is 10.2 Å². The first-order valence-corrected chi connectivity index (χ1v) is 7.85. The van der Waals surface area contributed by atoms with Crippen LogP contribution in [0.15, 0.2) is 39.9 Å². The van der Waals surface area contributed by atoms with Gasteiger partial charge in [0.1, 0.15) is 16.2 Å². The van der Waals surface area contributed by atoms with Crippen LogP contribution in [0.3, 0.4) is 0 Å². The normalized spacial score (nSPS) is 20.0. The van der Waals surface area contributed by atoms with Crippen LogP contribution in [0, 0.1) is 0 Å². The van der Waals surface area contributed by atoms with E-state index in [9.17, 15) is 18.3 Å². The summed E-state index contributed by atoms with van der Waals surface area (Å²) in [7, 11) is 0. The summed E-state index contributed by atoms with van der Waals surface area (Å²) in [6.07, 6.45) is -4.59. The zero-order valence-electron chi connectivity index (χ0n) is 10.7. The Hall–Kier alpha value is -1.81. The summed E-state index contributed by atoms with van der Waals surface area (Å²) >= 11 is 2.51. The molecule has 5 nitrogen and oxygen atoms in total. The van der Waals surface area contributed by atoms with Crippen molar-refractivity contribution in [3.63, 3.8) is 0 Å². The molecule has 114 valence electrons. The van der Waals surface area contributed by atoms with E-state index in [4.69, 9.17) is 0 Å². The van der Waals surface area contributed by atoms with Crippen molar-refractivity contribution in [3.05, 3.63) is 46.1 Å². The van der Waals surface area contributed by atoms with Crippen molar-refractivity contribution in [2.75, 3.05) is 5.01 Å². The average Bonchev–Trinajstić information content (AvgIpc) is 3.07. The molecule has 0 amide bonds. The fourth-order valence-corrected chi connectivity index (χ4v) is 4.53. The smallest absolute Gasteiger partial charge is 0.453 e. The monoisotopic (exact) mass is 344 g/mol. The highest BCUT2D eigenvalue weighted by molar-refractivity contribution is 8.07. The lowest BCUT2D eigenvalue weighted by atomic mass is 10.2. The number of aromatic nitrogens is 3. The lowest BCUT2D eigenvalue weighted by molar-refractivity contribution is -0.147. The summed E-state index contributed by atoms with van der Waals surface area (Å²) in [6.45, 7) is 0. The molecule has 0 bridgehead atoms. The molecule has 10 heteroatoms. The van der Waals surface area contributed by atoms with Crippen molar-refractivity contribution >= 4 is 23.5 Å². The molecule has 1 atom stereocenters. The molecule has 22 heavy (non-hydrogen) atoms. The standard InChI is InChI=1S/C12H7F3N4OS2/c13-12(14,15)10-16-17-11-19(10)18-8(22-11)5-21-9(18)6-2-1-3-7(20)4-6/h1-5,9,20H. The number of thioether (sulfide) groups is 2. The van der Waals surface area contributed by atoms with Crippen LogP contribution < -0.4 is 5.01 Å². The zero-order valence-corrected chi connectivity index (χ0v) is 12.3. The van der Waals surface area contributed by atoms with Crippen LogP contribution >= 0.6 is 23.5 Å². The number of halogens is 3. The second-order valence-corrected chi connectivity index (χ2v) is 6.54. The van der Waals surface area contributed by atoms with Gasteiger partial charge >= 0.3 is 6.18 Å². The van der Waals surface area contributed by atoms with Gasteiger partial charge in [-0.1, -0.05) is 23.9 Å². The van der Waals surface area contributed by atoms with Gasteiger partial charge in [-0.2, -0.15) is 13.2 Å². The predicted molar refractivity (Wildman–Crippen MR) is 75.6 cm³/mol. The molecule has 3 heterocycles. The summed E-state index contributed by atoms with van der Waals surface area (Å²) in [5, 5.41) is 20.2. The van der Waals surface area contributed by atoms with E-state index in [1.54, 1.807) is 17.5 Å². The molecule has 2 aliphatic heterocycles. The minimum atomic E-state index is -4.59. The highest BCUT2D eigenvalue weighted by atomic mass is 32.2. The number of nitrogens with zero attached hydrogens (tertiary/aromatic N) is 4. The first-order valence-electron chi connectivity index (χ1n) is 6.10. The van der Waals surface area contributed by atoms with Crippen molar-refractivity contribution in [1.29, 1.82) is 0 Å². The minimum Gasteiger partial charge on any atom is -0.508 e. The summed E-state index contributed by atoms with van der Waals surface area (Å²) in [5.41, 5.74) is 0.700. The molecule has 0 spiro atoms. The number of aromatic hydroxyl groups is 1. The third-order valence-electron chi connectivity index (χ3n) is 3.18. The van der Waals surface area contributed by atoms with Crippen molar-refractivity contribution in [3.8, 4) is 5.75 Å². The zero-order chi connectivity index (χ0) is 15.5. The first kappa shape index (κ1) is 13.8. The van der Waals surface area contributed by atoms with Gasteiger partial charge in [-0.3, -0.25) is 5.01 Å². The Morgan fingerprint density at radius 3 is 2.77 bits per heavy atom. The number of hydrogen-bond donors (Lipinski definition) is 1. The van der Waals surface area contributed by atoms with Crippen LogP contribution in [-0.2, 0) is 6.18 Å². The maximum Gasteiger partial charge on any atom is 0.453 e. The van der Waals surface area contributed by atoms with E-state index in [0.29, 0.717) is 10.6 Å². The molecule has 0 aliphatic carbocycles. The Kier molecular flexibility index (Phi) is 2.89. The van der Waals surface area contributed by atoms with E-state index >= 15 is 0 Å². The second-order valence-electron chi connectivity index (χ2n) is 4.60. The summed E-state index contributed by atoms with van der Waals surface area (Å²) in [4.78, 5) is 0. The van der Waals surface area contributed by atoms with Gasteiger partial charge in [-0.05, 0) is 29.5 Å². The van der Waals surface area contributed by atoms with Crippen LogP contribution in [0.1, 0.15) is 16.8 Å². The number of phenolic OH excluding ortho intramolecular Hbond substituents is 1. The number of alkyl halides is 3. The molecule has 0 radical (unpaired) electrons. The largest absolute Gasteiger partial charge is 0.508 e. The Balaban J connectivity index is 1.80.